The Morgan fingerprint density at radius 1 is 1.46 bits per heavy atom. The van der Waals surface area contributed by atoms with E-state index in [9.17, 15) is 4.79 Å². The molecule has 0 fully saturated rings. The molecule has 3 heteroatoms. The lowest BCUT2D eigenvalue weighted by molar-refractivity contribution is -0.136. The van der Waals surface area contributed by atoms with Crippen LogP contribution in [0.2, 0.25) is 0 Å². The second-order valence-electron chi connectivity index (χ2n) is 2.58. The topological polar surface area (TPSA) is 52.3 Å². The van der Waals surface area contributed by atoms with Crippen LogP contribution in [0.1, 0.15) is 33.6 Å². The molecule has 0 bridgehead atoms. The number of allylic oxidation sites excluding steroid dienone is 1. The summed E-state index contributed by atoms with van der Waals surface area (Å²) < 4.78 is 4.50. The number of carbonyl (C=O) groups is 1. The van der Waals surface area contributed by atoms with E-state index in [1.165, 1.54) is 7.11 Å². The molecule has 0 amide bonds. The number of hydrogen-bond donors (Lipinski definition) is 1. The van der Waals surface area contributed by atoms with Gasteiger partial charge in [-0.2, -0.15) is 0 Å². The number of hydrogen-bond acceptors (Lipinski definition) is 3. The SMILES string of the molecule is CCCC=C(C)C(=O)OC.CCN. The van der Waals surface area contributed by atoms with Gasteiger partial charge in [-0.05, 0) is 19.9 Å². The smallest absolute Gasteiger partial charge is 0.333 e. The van der Waals surface area contributed by atoms with Gasteiger partial charge in [0.05, 0.1) is 7.11 Å². The fraction of sp³-hybridized carbons (Fsp3) is 0.700. The summed E-state index contributed by atoms with van der Waals surface area (Å²) in [6.45, 7) is 6.49. The molecule has 0 aromatic heterocycles. The summed E-state index contributed by atoms with van der Waals surface area (Å²) in [5.74, 6) is -0.228. The predicted octanol–water partition coefficient (Wildman–Crippen LogP) is 1.87. The quantitative estimate of drug-likeness (QED) is 0.542. The number of rotatable bonds is 3. The van der Waals surface area contributed by atoms with Gasteiger partial charge in [-0.1, -0.05) is 26.3 Å². The van der Waals surface area contributed by atoms with Gasteiger partial charge in [0.1, 0.15) is 0 Å². The molecule has 0 aliphatic rings. The Balaban J connectivity index is 0. The first kappa shape index (κ1) is 14.7. The van der Waals surface area contributed by atoms with Crippen molar-refractivity contribution in [3.63, 3.8) is 0 Å². The number of unbranched alkanes of at least 4 members (excludes halogenated alkanes) is 1. The zero-order chi connectivity index (χ0) is 10.7. The van der Waals surface area contributed by atoms with Gasteiger partial charge < -0.3 is 10.5 Å². The van der Waals surface area contributed by atoms with Crippen LogP contribution in [-0.2, 0) is 9.53 Å². The molecule has 0 saturated heterocycles. The molecule has 3 nitrogen and oxygen atoms in total. The third-order valence-corrected chi connectivity index (χ3v) is 1.25. The number of esters is 1. The molecule has 0 aromatic carbocycles. The molecule has 0 unspecified atom stereocenters. The van der Waals surface area contributed by atoms with E-state index >= 15 is 0 Å². The average Bonchev–Trinajstić information content (AvgIpc) is 2.14. The summed E-state index contributed by atoms with van der Waals surface area (Å²) in [4.78, 5) is 10.7. The van der Waals surface area contributed by atoms with E-state index in [0.717, 1.165) is 19.4 Å². The molecule has 13 heavy (non-hydrogen) atoms. The van der Waals surface area contributed by atoms with Crippen molar-refractivity contribution < 1.29 is 9.53 Å². The zero-order valence-electron chi connectivity index (χ0n) is 9.09. The predicted molar refractivity (Wildman–Crippen MR) is 55.4 cm³/mol. The Kier molecular flexibility index (Phi) is 12.6. The van der Waals surface area contributed by atoms with Crippen LogP contribution in [0.4, 0.5) is 0 Å². The molecule has 0 heterocycles. The second kappa shape index (κ2) is 11.2. The van der Waals surface area contributed by atoms with Crippen molar-refractivity contribution in [1.29, 1.82) is 0 Å². The number of ether oxygens (including phenoxy) is 1. The Morgan fingerprint density at radius 2 is 1.92 bits per heavy atom. The molecule has 2 N–H and O–H groups in total. The average molecular weight is 187 g/mol. The summed E-state index contributed by atoms with van der Waals surface area (Å²) in [6, 6.07) is 0. The molecular weight excluding hydrogens is 166 g/mol. The van der Waals surface area contributed by atoms with E-state index in [0.29, 0.717) is 5.57 Å². The van der Waals surface area contributed by atoms with Gasteiger partial charge in [-0.25, -0.2) is 4.79 Å². The van der Waals surface area contributed by atoms with Crippen LogP contribution in [0, 0.1) is 0 Å². The van der Waals surface area contributed by atoms with Crippen LogP contribution in [0.15, 0.2) is 11.6 Å². The van der Waals surface area contributed by atoms with Gasteiger partial charge in [0.2, 0.25) is 0 Å². The fourth-order valence-corrected chi connectivity index (χ4v) is 0.605. The standard InChI is InChI=1S/C8H14O2.C2H7N/c1-4-5-6-7(2)8(9)10-3;1-2-3/h6H,4-5H2,1-3H3;2-3H2,1H3. The Hall–Kier alpha value is -0.830. The van der Waals surface area contributed by atoms with Crippen LogP contribution in [0.25, 0.3) is 0 Å². The molecule has 0 spiro atoms. The van der Waals surface area contributed by atoms with Crippen molar-refractivity contribution >= 4 is 5.97 Å². The molecule has 0 aliphatic carbocycles. The summed E-state index contributed by atoms with van der Waals surface area (Å²) in [6.07, 6.45) is 3.90. The van der Waals surface area contributed by atoms with Crippen LogP contribution < -0.4 is 5.73 Å². The van der Waals surface area contributed by atoms with Crippen LogP contribution >= 0.6 is 0 Å². The molecule has 0 rings (SSSR count). The van der Waals surface area contributed by atoms with Crippen LogP contribution in [-0.4, -0.2) is 19.6 Å². The Morgan fingerprint density at radius 3 is 2.23 bits per heavy atom. The van der Waals surface area contributed by atoms with E-state index in [1.807, 2.05) is 13.0 Å². The van der Waals surface area contributed by atoms with Crippen molar-refractivity contribution in [2.45, 2.75) is 33.6 Å². The Bertz CT molecular complexity index is 153. The van der Waals surface area contributed by atoms with E-state index in [-0.39, 0.29) is 5.97 Å². The largest absolute Gasteiger partial charge is 0.466 e. The van der Waals surface area contributed by atoms with Gasteiger partial charge in [0.25, 0.3) is 0 Å². The van der Waals surface area contributed by atoms with E-state index in [4.69, 9.17) is 5.73 Å². The molecular formula is C10H21NO2. The lowest BCUT2D eigenvalue weighted by Gasteiger charge is -1.96. The summed E-state index contributed by atoms with van der Waals surface area (Å²) in [7, 11) is 1.39. The second-order valence-corrected chi connectivity index (χ2v) is 2.58. The number of carbonyl (C=O) groups excluding carboxylic acids is 1. The highest BCUT2D eigenvalue weighted by Crippen LogP contribution is 1.99. The van der Waals surface area contributed by atoms with Gasteiger partial charge in [-0.15, -0.1) is 0 Å². The minimum Gasteiger partial charge on any atom is -0.466 e. The Labute approximate surface area is 81.0 Å². The summed E-state index contributed by atoms with van der Waals surface area (Å²) in [5.41, 5.74) is 5.55. The third-order valence-electron chi connectivity index (χ3n) is 1.25. The molecule has 78 valence electrons. The van der Waals surface area contributed by atoms with Gasteiger partial charge in [0.15, 0.2) is 0 Å². The molecule has 0 aromatic rings. The summed E-state index contributed by atoms with van der Waals surface area (Å²) in [5, 5.41) is 0. The highest BCUT2D eigenvalue weighted by Gasteiger charge is 1.99. The monoisotopic (exact) mass is 187 g/mol. The highest BCUT2D eigenvalue weighted by atomic mass is 16.5. The minimum atomic E-state index is -0.228. The first-order valence-corrected chi connectivity index (χ1v) is 4.59. The first-order valence-electron chi connectivity index (χ1n) is 4.59. The normalized spacial score (nSPS) is 10.1. The van der Waals surface area contributed by atoms with Crippen LogP contribution in [0.3, 0.4) is 0 Å². The lowest BCUT2D eigenvalue weighted by Crippen LogP contribution is -2.00. The van der Waals surface area contributed by atoms with E-state index in [1.54, 1.807) is 6.92 Å². The number of nitrogens with two attached hydrogens (primary N) is 1. The highest BCUT2D eigenvalue weighted by molar-refractivity contribution is 5.87. The van der Waals surface area contributed by atoms with E-state index < -0.39 is 0 Å². The molecule has 0 radical (unpaired) electrons. The van der Waals surface area contributed by atoms with Crippen LogP contribution in [0.5, 0.6) is 0 Å². The maximum Gasteiger partial charge on any atom is 0.333 e. The summed E-state index contributed by atoms with van der Waals surface area (Å²) >= 11 is 0. The maximum atomic E-state index is 10.7. The van der Waals surface area contributed by atoms with Crippen molar-refractivity contribution in [2.75, 3.05) is 13.7 Å². The third kappa shape index (κ3) is 11.2. The van der Waals surface area contributed by atoms with E-state index in [2.05, 4.69) is 11.7 Å². The number of methoxy groups -OCH3 is 1. The molecule has 0 saturated carbocycles. The van der Waals surface area contributed by atoms with Gasteiger partial charge >= 0.3 is 5.97 Å². The van der Waals surface area contributed by atoms with Gasteiger partial charge in [-0.3, -0.25) is 0 Å². The fourth-order valence-electron chi connectivity index (χ4n) is 0.605. The molecule has 0 aliphatic heterocycles. The minimum absolute atomic E-state index is 0.228. The maximum absolute atomic E-state index is 10.7. The lowest BCUT2D eigenvalue weighted by atomic mass is 10.2. The van der Waals surface area contributed by atoms with Gasteiger partial charge in [0, 0.05) is 5.57 Å². The van der Waals surface area contributed by atoms with Crippen molar-refractivity contribution in [3.8, 4) is 0 Å². The first-order chi connectivity index (χ1) is 6.13. The zero-order valence-corrected chi connectivity index (χ0v) is 9.09. The van der Waals surface area contributed by atoms with Crippen molar-refractivity contribution in [2.24, 2.45) is 5.73 Å². The van der Waals surface area contributed by atoms with Crippen molar-refractivity contribution in [1.82, 2.24) is 0 Å². The molecule has 0 atom stereocenters. The van der Waals surface area contributed by atoms with Crippen molar-refractivity contribution in [3.05, 3.63) is 11.6 Å².